The maximum Gasteiger partial charge on any atom is 0.134 e. The van der Waals surface area contributed by atoms with Gasteiger partial charge in [0.15, 0.2) is 0 Å². The molecule has 2 rings (SSSR count). The second-order valence-corrected chi connectivity index (χ2v) is 5.98. The first-order valence-corrected chi connectivity index (χ1v) is 6.76. The third-order valence-corrected chi connectivity index (χ3v) is 4.06. The van der Waals surface area contributed by atoms with Crippen molar-refractivity contribution in [3.8, 4) is 0 Å². The highest BCUT2D eigenvalue weighted by molar-refractivity contribution is 9.11. The average molecular weight is 336 g/mol. The fraction of sp³-hybridized carbons (Fsp3) is 0.167. The highest BCUT2D eigenvalue weighted by atomic mass is 79.9. The molecule has 0 amide bonds. The minimum Gasteiger partial charge on any atom is -0.309 e. The Kier molecular flexibility index (Phi) is 4.09. The summed E-state index contributed by atoms with van der Waals surface area (Å²) in [6, 6.07) is 2.50. The molecule has 0 aliphatic carbocycles. The molecule has 0 fully saturated rings. The Morgan fingerprint density at radius 3 is 2.22 bits per heavy atom. The van der Waals surface area contributed by atoms with E-state index >= 15 is 0 Å². The van der Waals surface area contributed by atoms with Crippen LogP contribution in [0.25, 0.3) is 0 Å². The van der Waals surface area contributed by atoms with Crippen molar-refractivity contribution in [2.75, 3.05) is 7.05 Å². The number of benzene rings is 1. The van der Waals surface area contributed by atoms with Crippen molar-refractivity contribution in [2.45, 2.75) is 6.04 Å². The van der Waals surface area contributed by atoms with Gasteiger partial charge in [0, 0.05) is 17.7 Å². The largest absolute Gasteiger partial charge is 0.309 e. The minimum absolute atomic E-state index is 0.177. The Labute approximate surface area is 115 Å². The quantitative estimate of drug-likeness (QED) is 0.884. The van der Waals surface area contributed by atoms with Crippen LogP contribution in [0.3, 0.4) is 0 Å². The van der Waals surface area contributed by atoms with Crippen molar-refractivity contribution in [3.05, 3.63) is 55.9 Å². The molecular formula is C12H9BrF3NS. The maximum atomic E-state index is 13.7. The van der Waals surface area contributed by atoms with E-state index in [0.717, 1.165) is 9.35 Å². The highest BCUT2D eigenvalue weighted by Gasteiger charge is 2.22. The van der Waals surface area contributed by atoms with E-state index in [2.05, 4.69) is 21.2 Å². The highest BCUT2D eigenvalue weighted by Crippen LogP contribution is 2.32. The van der Waals surface area contributed by atoms with Crippen molar-refractivity contribution >= 4 is 27.3 Å². The van der Waals surface area contributed by atoms with E-state index in [1.807, 2.05) is 0 Å². The van der Waals surface area contributed by atoms with Gasteiger partial charge in [-0.25, -0.2) is 13.2 Å². The Hall–Kier alpha value is -0.850. The van der Waals surface area contributed by atoms with E-state index in [1.165, 1.54) is 11.3 Å². The van der Waals surface area contributed by atoms with Crippen LogP contribution < -0.4 is 5.32 Å². The van der Waals surface area contributed by atoms with Crippen LogP contribution in [-0.2, 0) is 0 Å². The second kappa shape index (κ2) is 5.42. The van der Waals surface area contributed by atoms with Crippen LogP contribution in [0, 0.1) is 17.5 Å². The first-order chi connectivity index (χ1) is 8.52. The van der Waals surface area contributed by atoms with Crippen molar-refractivity contribution in [2.24, 2.45) is 0 Å². The van der Waals surface area contributed by atoms with Crippen LogP contribution >= 0.6 is 27.3 Å². The standard InChI is InChI=1S/C12H9BrF3NS/c1-17-12(6-2-10(13)18-5-6)11-8(15)3-7(14)4-9(11)16/h2-5,12,17H,1H3. The molecule has 96 valence electrons. The summed E-state index contributed by atoms with van der Waals surface area (Å²) in [6.07, 6.45) is 0. The summed E-state index contributed by atoms with van der Waals surface area (Å²) < 4.78 is 41.2. The molecular weight excluding hydrogens is 327 g/mol. The maximum absolute atomic E-state index is 13.7. The molecule has 6 heteroatoms. The van der Waals surface area contributed by atoms with Gasteiger partial charge in [-0.3, -0.25) is 0 Å². The molecule has 1 unspecified atom stereocenters. The first kappa shape index (κ1) is 13.6. The SMILES string of the molecule is CNC(c1csc(Br)c1)c1c(F)cc(F)cc1F. The normalized spacial score (nSPS) is 12.7. The smallest absolute Gasteiger partial charge is 0.134 e. The fourth-order valence-corrected chi connectivity index (χ4v) is 2.98. The zero-order chi connectivity index (χ0) is 13.3. The van der Waals surface area contributed by atoms with Crippen LogP contribution in [0.15, 0.2) is 27.4 Å². The average Bonchev–Trinajstić information content (AvgIpc) is 2.69. The number of hydrogen-bond donors (Lipinski definition) is 1. The molecule has 0 aliphatic heterocycles. The van der Waals surface area contributed by atoms with Gasteiger partial charge in [0.25, 0.3) is 0 Å². The van der Waals surface area contributed by atoms with Crippen LogP contribution in [0.2, 0.25) is 0 Å². The van der Waals surface area contributed by atoms with E-state index in [0.29, 0.717) is 12.1 Å². The Balaban J connectivity index is 2.51. The lowest BCUT2D eigenvalue weighted by Gasteiger charge is -2.17. The van der Waals surface area contributed by atoms with Crippen LogP contribution in [-0.4, -0.2) is 7.05 Å². The summed E-state index contributed by atoms with van der Waals surface area (Å²) in [4.78, 5) is 0. The predicted molar refractivity (Wildman–Crippen MR) is 69.2 cm³/mol. The molecule has 18 heavy (non-hydrogen) atoms. The van der Waals surface area contributed by atoms with E-state index in [-0.39, 0.29) is 5.56 Å². The third kappa shape index (κ3) is 2.60. The predicted octanol–water partition coefficient (Wildman–Crippen LogP) is 4.24. The Bertz CT molecular complexity index is 547. The summed E-state index contributed by atoms with van der Waals surface area (Å²) >= 11 is 4.71. The van der Waals surface area contributed by atoms with Crippen molar-refractivity contribution in [1.29, 1.82) is 0 Å². The Morgan fingerprint density at radius 2 is 1.78 bits per heavy atom. The van der Waals surface area contributed by atoms with E-state index in [1.54, 1.807) is 18.5 Å². The Morgan fingerprint density at radius 1 is 1.17 bits per heavy atom. The van der Waals surface area contributed by atoms with Crippen LogP contribution in [0.5, 0.6) is 0 Å². The van der Waals surface area contributed by atoms with Crippen LogP contribution in [0.4, 0.5) is 13.2 Å². The zero-order valence-corrected chi connectivity index (χ0v) is 11.7. The summed E-state index contributed by atoms with van der Waals surface area (Å²) in [5.74, 6) is -2.71. The number of rotatable bonds is 3. The van der Waals surface area contributed by atoms with Gasteiger partial charge in [0.2, 0.25) is 0 Å². The zero-order valence-electron chi connectivity index (χ0n) is 9.31. The summed E-state index contributed by atoms with van der Waals surface area (Å²) in [6.45, 7) is 0. The van der Waals surface area contributed by atoms with Crippen LogP contribution in [0.1, 0.15) is 17.2 Å². The van der Waals surface area contributed by atoms with Crippen molar-refractivity contribution in [1.82, 2.24) is 5.32 Å². The molecule has 0 aliphatic rings. The molecule has 1 aromatic heterocycles. The number of nitrogens with one attached hydrogen (secondary N) is 1. The lowest BCUT2D eigenvalue weighted by Crippen LogP contribution is -2.20. The van der Waals surface area contributed by atoms with E-state index in [9.17, 15) is 13.2 Å². The summed E-state index contributed by atoms with van der Waals surface area (Å²) in [7, 11) is 1.60. The lowest BCUT2D eigenvalue weighted by molar-refractivity contribution is 0.500. The lowest BCUT2D eigenvalue weighted by atomic mass is 10.00. The van der Waals surface area contributed by atoms with Gasteiger partial charge in [-0.1, -0.05) is 0 Å². The molecule has 0 spiro atoms. The third-order valence-electron chi connectivity index (χ3n) is 2.54. The minimum atomic E-state index is -0.921. The van der Waals surface area contributed by atoms with Gasteiger partial charge in [-0.05, 0) is 40.0 Å². The molecule has 0 saturated carbocycles. The van der Waals surface area contributed by atoms with Gasteiger partial charge in [0.05, 0.1) is 9.83 Å². The molecule has 0 saturated heterocycles. The molecule has 1 atom stereocenters. The van der Waals surface area contributed by atoms with Gasteiger partial charge in [0.1, 0.15) is 17.5 Å². The fourth-order valence-electron chi connectivity index (χ4n) is 1.78. The molecule has 1 heterocycles. The monoisotopic (exact) mass is 335 g/mol. The molecule has 0 radical (unpaired) electrons. The molecule has 2 aromatic rings. The van der Waals surface area contributed by atoms with Gasteiger partial charge < -0.3 is 5.32 Å². The van der Waals surface area contributed by atoms with Crippen molar-refractivity contribution in [3.63, 3.8) is 0 Å². The van der Waals surface area contributed by atoms with Gasteiger partial charge in [-0.2, -0.15) is 0 Å². The van der Waals surface area contributed by atoms with Crippen molar-refractivity contribution < 1.29 is 13.2 Å². The molecule has 1 aromatic carbocycles. The van der Waals surface area contributed by atoms with Gasteiger partial charge in [-0.15, -0.1) is 11.3 Å². The van der Waals surface area contributed by atoms with E-state index < -0.39 is 23.5 Å². The molecule has 0 bridgehead atoms. The summed E-state index contributed by atoms with van der Waals surface area (Å²) in [5.41, 5.74) is 0.544. The molecule has 1 N–H and O–H groups in total. The number of thiophene rings is 1. The first-order valence-electron chi connectivity index (χ1n) is 5.08. The van der Waals surface area contributed by atoms with E-state index in [4.69, 9.17) is 0 Å². The topological polar surface area (TPSA) is 12.0 Å². The van der Waals surface area contributed by atoms with Gasteiger partial charge >= 0.3 is 0 Å². The number of halogens is 4. The molecule has 1 nitrogen and oxygen atoms in total. The second-order valence-electron chi connectivity index (χ2n) is 3.69. The number of hydrogen-bond acceptors (Lipinski definition) is 2. The summed E-state index contributed by atoms with van der Waals surface area (Å²) in [5, 5.41) is 4.62.